The number of aliphatic hydroxyl groups excluding tert-OH is 1. The van der Waals surface area contributed by atoms with Gasteiger partial charge in [0.1, 0.15) is 0 Å². The summed E-state index contributed by atoms with van der Waals surface area (Å²) < 4.78 is 0. The van der Waals surface area contributed by atoms with E-state index >= 15 is 0 Å². The zero-order chi connectivity index (χ0) is 12.8. The molecule has 1 heterocycles. The summed E-state index contributed by atoms with van der Waals surface area (Å²) in [6, 6.07) is 0. The van der Waals surface area contributed by atoms with Crippen LogP contribution in [0.3, 0.4) is 0 Å². The van der Waals surface area contributed by atoms with Gasteiger partial charge in [-0.2, -0.15) is 0 Å². The van der Waals surface area contributed by atoms with E-state index in [1.54, 1.807) is 0 Å². The molecule has 1 N–H and O–H groups in total. The molecule has 3 rings (SSSR count). The molecular formula is C14H21NO3. The summed E-state index contributed by atoms with van der Waals surface area (Å²) >= 11 is 0. The number of rotatable bonds is 3. The van der Waals surface area contributed by atoms with Crippen molar-refractivity contribution in [2.45, 2.75) is 51.4 Å². The van der Waals surface area contributed by atoms with Crippen LogP contribution in [0.5, 0.6) is 0 Å². The Hall–Kier alpha value is -0.900. The van der Waals surface area contributed by atoms with Crippen LogP contribution in [0.2, 0.25) is 0 Å². The second-order valence-corrected chi connectivity index (χ2v) is 6.59. The van der Waals surface area contributed by atoms with E-state index in [2.05, 4.69) is 0 Å². The quantitative estimate of drug-likeness (QED) is 0.773. The Labute approximate surface area is 107 Å². The van der Waals surface area contributed by atoms with Gasteiger partial charge in [-0.25, -0.2) is 0 Å². The van der Waals surface area contributed by atoms with Gasteiger partial charge in [-0.1, -0.05) is 12.8 Å². The highest BCUT2D eigenvalue weighted by molar-refractivity contribution is 5.98. The average molecular weight is 251 g/mol. The van der Waals surface area contributed by atoms with Crippen LogP contribution >= 0.6 is 0 Å². The molecule has 0 radical (unpaired) electrons. The lowest BCUT2D eigenvalue weighted by atomic mass is 9.76. The first-order valence-electron chi connectivity index (χ1n) is 7.02. The molecule has 0 unspecified atom stereocenters. The molecule has 1 saturated heterocycles. The Morgan fingerprint density at radius 3 is 2.00 bits per heavy atom. The smallest absolute Gasteiger partial charge is 0.229 e. The van der Waals surface area contributed by atoms with Crippen LogP contribution in [0, 0.1) is 10.8 Å². The molecule has 2 aliphatic carbocycles. The van der Waals surface area contributed by atoms with Gasteiger partial charge in [0, 0.05) is 24.8 Å². The highest BCUT2D eigenvalue weighted by Gasteiger charge is 2.50. The minimum absolute atomic E-state index is 0.00660. The molecule has 4 heteroatoms. The summed E-state index contributed by atoms with van der Waals surface area (Å²) in [5.74, 6) is -0.0132. The molecule has 2 saturated carbocycles. The molecule has 3 aliphatic rings. The Balaban J connectivity index is 1.70. The molecule has 2 amide bonds. The Morgan fingerprint density at radius 2 is 1.56 bits per heavy atom. The fourth-order valence-electron chi connectivity index (χ4n) is 3.57. The van der Waals surface area contributed by atoms with Crippen LogP contribution in [0.1, 0.15) is 51.4 Å². The Bertz CT molecular complexity index is 361. The Kier molecular flexibility index (Phi) is 2.73. The highest BCUT2D eigenvalue weighted by atomic mass is 16.3. The molecule has 3 fully saturated rings. The van der Waals surface area contributed by atoms with Gasteiger partial charge in [-0.05, 0) is 31.1 Å². The van der Waals surface area contributed by atoms with Gasteiger partial charge in [-0.15, -0.1) is 0 Å². The number of hydrogen-bond acceptors (Lipinski definition) is 3. The fourth-order valence-corrected chi connectivity index (χ4v) is 3.57. The van der Waals surface area contributed by atoms with Crippen molar-refractivity contribution in [1.29, 1.82) is 0 Å². The predicted octanol–water partition coefficient (Wildman–Crippen LogP) is 1.47. The number of hydrogen-bond donors (Lipinski definition) is 1. The lowest BCUT2D eigenvalue weighted by Crippen LogP contribution is -2.49. The maximum atomic E-state index is 12.2. The second kappa shape index (κ2) is 4.05. The molecule has 4 nitrogen and oxygen atoms in total. The molecule has 0 aromatic rings. The summed E-state index contributed by atoms with van der Waals surface area (Å²) in [5.41, 5.74) is -0.175. The van der Waals surface area contributed by atoms with Gasteiger partial charge in [0.2, 0.25) is 11.8 Å². The van der Waals surface area contributed by atoms with Gasteiger partial charge < -0.3 is 5.11 Å². The number of carbonyl (C=O) groups excluding carboxylic acids is 2. The van der Waals surface area contributed by atoms with Crippen molar-refractivity contribution in [2.75, 3.05) is 13.2 Å². The van der Waals surface area contributed by atoms with E-state index in [9.17, 15) is 14.7 Å². The van der Waals surface area contributed by atoms with Crippen molar-refractivity contribution in [3.05, 3.63) is 0 Å². The molecule has 0 bridgehead atoms. The van der Waals surface area contributed by atoms with E-state index < -0.39 is 0 Å². The molecule has 0 aromatic carbocycles. The zero-order valence-corrected chi connectivity index (χ0v) is 10.8. The second-order valence-electron chi connectivity index (χ2n) is 6.59. The molecular weight excluding hydrogens is 230 g/mol. The normalized spacial score (nSPS) is 29.1. The third kappa shape index (κ3) is 1.96. The zero-order valence-electron chi connectivity index (χ0n) is 10.8. The number of aliphatic hydroxyl groups is 1. The molecule has 100 valence electrons. The minimum atomic E-state index is -0.161. The first-order chi connectivity index (χ1) is 8.58. The first kappa shape index (κ1) is 12.2. The van der Waals surface area contributed by atoms with Crippen molar-refractivity contribution in [2.24, 2.45) is 10.8 Å². The summed E-state index contributed by atoms with van der Waals surface area (Å²) in [4.78, 5) is 25.8. The lowest BCUT2D eigenvalue weighted by Gasteiger charge is -2.38. The van der Waals surface area contributed by atoms with E-state index in [1.165, 1.54) is 4.90 Å². The number of carbonyl (C=O) groups is 2. The van der Waals surface area contributed by atoms with Gasteiger partial charge in [0.25, 0.3) is 0 Å². The van der Waals surface area contributed by atoms with Gasteiger partial charge in [0.15, 0.2) is 0 Å². The predicted molar refractivity (Wildman–Crippen MR) is 65.6 cm³/mol. The minimum Gasteiger partial charge on any atom is -0.396 e. The van der Waals surface area contributed by atoms with Crippen molar-refractivity contribution in [3.8, 4) is 0 Å². The van der Waals surface area contributed by atoms with E-state index in [0.29, 0.717) is 19.4 Å². The Morgan fingerprint density at radius 1 is 1.00 bits per heavy atom. The van der Waals surface area contributed by atoms with E-state index in [-0.39, 0.29) is 29.3 Å². The molecule has 1 aliphatic heterocycles. The van der Waals surface area contributed by atoms with Gasteiger partial charge >= 0.3 is 0 Å². The van der Waals surface area contributed by atoms with Crippen molar-refractivity contribution >= 4 is 11.8 Å². The third-order valence-electron chi connectivity index (χ3n) is 5.10. The van der Waals surface area contributed by atoms with Crippen molar-refractivity contribution < 1.29 is 14.7 Å². The largest absolute Gasteiger partial charge is 0.396 e. The summed E-state index contributed by atoms with van der Waals surface area (Å²) in [7, 11) is 0. The number of piperidine rings is 1. The molecule has 18 heavy (non-hydrogen) atoms. The topological polar surface area (TPSA) is 57.6 Å². The van der Waals surface area contributed by atoms with Crippen molar-refractivity contribution in [3.63, 3.8) is 0 Å². The average Bonchev–Trinajstić information content (AvgIpc) is 2.99. The summed E-state index contributed by atoms with van der Waals surface area (Å²) in [5, 5.41) is 9.32. The van der Waals surface area contributed by atoms with E-state index in [0.717, 1.165) is 38.5 Å². The van der Waals surface area contributed by atoms with Crippen LogP contribution < -0.4 is 0 Å². The SMILES string of the molecule is O=C1CC2(CCCC2)CC(=O)N1CC1(CO)CC1. The monoisotopic (exact) mass is 251 g/mol. The number of imide groups is 1. The number of nitrogens with zero attached hydrogens (tertiary/aromatic N) is 1. The summed E-state index contributed by atoms with van der Waals surface area (Å²) in [6.45, 7) is 0.534. The van der Waals surface area contributed by atoms with Gasteiger partial charge in [-0.3, -0.25) is 14.5 Å². The van der Waals surface area contributed by atoms with Gasteiger partial charge in [0.05, 0.1) is 6.61 Å². The van der Waals surface area contributed by atoms with Crippen LogP contribution in [0.15, 0.2) is 0 Å². The van der Waals surface area contributed by atoms with E-state index in [1.807, 2.05) is 0 Å². The van der Waals surface area contributed by atoms with E-state index in [4.69, 9.17) is 0 Å². The molecule has 0 atom stereocenters. The standard InChI is InChI=1S/C14H21NO3/c16-10-14(5-6-14)9-15-11(17)7-13(8-12(15)18)3-1-2-4-13/h16H,1-10H2. The number of likely N-dealkylation sites (tertiary alicyclic amines) is 1. The van der Waals surface area contributed by atoms with Crippen LogP contribution in [-0.2, 0) is 9.59 Å². The molecule has 1 spiro atoms. The first-order valence-corrected chi connectivity index (χ1v) is 7.02. The van der Waals surface area contributed by atoms with Crippen molar-refractivity contribution in [1.82, 2.24) is 4.90 Å². The number of amides is 2. The van der Waals surface area contributed by atoms with Crippen LogP contribution in [-0.4, -0.2) is 35.0 Å². The maximum absolute atomic E-state index is 12.2. The maximum Gasteiger partial charge on any atom is 0.229 e. The third-order valence-corrected chi connectivity index (χ3v) is 5.10. The summed E-state index contributed by atoms with van der Waals surface area (Å²) in [6.07, 6.45) is 7.33. The van der Waals surface area contributed by atoms with Crippen LogP contribution in [0.4, 0.5) is 0 Å². The highest BCUT2D eigenvalue weighted by Crippen LogP contribution is 2.50. The van der Waals surface area contributed by atoms with Crippen LogP contribution in [0.25, 0.3) is 0 Å². The molecule has 0 aromatic heterocycles. The fraction of sp³-hybridized carbons (Fsp3) is 0.857. The lowest BCUT2D eigenvalue weighted by molar-refractivity contribution is -0.154.